The fourth-order valence-electron chi connectivity index (χ4n) is 2.29. The number of ether oxygens (including phenoxy) is 1. The Morgan fingerprint density at radius 3 is 2.46 bits per heavy atom. The summed E-state index contributed by atoms with van der Waals surface area (Å²) in [6.45, 7) is 2.48. The number of rotatable bonds is 5. The summed E-state index contributed by atoms with van der Waals surface area (Å²) >= 11 is 5.82. The van der Waals surface area contributed by atoms with Gasteiger partial charge in [0.1, 0.15) is 5.75 Å². The Labute approximate surface area is 155 Å². The van der Waals surface area contributed by atoms with Gasteiger partial charge in [-0.25, -0.2) is 4.68 Å². The molecule has 132 valence electrons. The van der Waals surface area contributed by atoms with Crippen LogP contribution in [0.25, 0.3) is 5.69 Å². The van der Waals surface area contributed by atoms with E-state index in [4.69, 9.17) is 16.3 Å². The molecule has 0 radical (unpaired) electrons. The molecule has 0 saturated heterocycles. The molecule has 0 unspecified atom stereocenters. The number of aromatic nitrogens is 2. The first kappa shape index (κ1) is 17.7. The smallest absolute Gasteiger partial charge is 0.280 e. The van der Waals surface area contributed by atoms with Gasteiger partial charge in [-0.05, 0) is 55.5 Å². The quantitative estimate of drug-likeness (QED) is 0.746. The van der Waals surface area contributed by atoms with Crippen LogP contribution in [0, 0.1) is 0 Å². The number of benzene rings is 2. The number of hydrogen-bond donors (Lipinski definition) is 1. The first-order valence-electron chi connectivity index (χ1n) is 7.97. The van der Waals surface area contributed by atoms with Crippen LogP contribution < -0.4 is 15.5 Å². The van der Waals surface area contributed by atoms with Crippen LogP contribution in [0.2, 0.25) is 5.02 Å². The van der Waals surface area contributed by atoms with Crippen LogP contribution in [0.4, 0.5) is 5.69 Å². The van der Waals surface area contributed by atoms with Crippen LogP contribution in [0.3, 0.4) is 0 Å². The molecule has 7 heteroatoms. The molecule has 0 bridgehead atoms. The Hall–Kier alpha value is -3.12. The van der Waals surface area contributed by atoms with Gasteiger partial charge in [-0.2, -0.15) is 5.10 Å². The van der Waals surface area contributed by atoms with E-state index in [1.165, 1.54) is 16.9 Å². The molecule has 0 aliphatic carbocycles. The van der Waals surface area contributed by atoms with E-state index in [1.54, 1.807) is 48.5 Å². The lowest BCUT2D eigenvalue weighted by atomic mass is 10.3. The van der Waals surface area contributed by atoms with Crippen LogP contribution >= 0.6 is 11.6 Å². The van der Waals surface area contributed by atoms with E-state index >= 15 is 0 Å². The highest BCUT2D eigenvalue weighted by Crippen LogP contribution is 2.15. The summed E-state index contributed by atoms with van der Waals surface area (Å²) in [4.78, 5) is 24.5. The number of nitrogens with zero attached hydrogens (tertiary/aromatic N) is 2. The largest absolute Gasteiger partial charge is 0.494 e. The van der Waals surface area contributed by atoms with Gasteiger partial charge in [0, 0.05) is 23.0 Å². The van der Waals surface area contributed by atoms with Crippen molar-refractivity contribution < 1.29 is 9.53 Å². The third kappa shape index (κ3) is 4.10. The Kier molecular flexibility index (Phi) is 5.34. The van der Waals surface area contributed by atoms with Crippen LogP contribution in [0.1, 0.15) is 17.4 Å². The second kappa shape index (κ2) is 7.84. The van der Waals surface area contributed by atoms with Crippen molar-refractivity contribution in [1.82, 2.24) is 9.78 Å². The molecule has 0 atom stereocenters. The van der Waals surface area contributed by atoms with Crippen molar-refractivity contribution in [3.63, 3.8) is 0 Å². The molecular formula is C19H16ClN3O3. The SMILES string of the molecule is CCOc1ccc(-n2ccc(=O)c(C(=O)Nc3ccc(Cl)cc3)n2)cc1. The van der Waals surface area contributed by atoms with E-state index in [2.05, 4.69) is 10.4 Å². The molecule has 0 fully saturated rings. The highest BCUT2D eigenvalue weighted by atomic mass is 35.5. The molecule has 6 nitrogen and oxygen atoms in total. The summed E-state index contributed by atoms with van der Waals surface area (Å²) in [5.41, 5.74) is 0.570. The van der Waals surface area contributed by atoms with E-state index < -0.39 is 11.3 Å². The Morgan fingerprint density at radius 1 is 1.12 bits per heavy atom. The maximum absolute atomic E-state index is 12.4. The predicted octanol–water partition coefficient (Wildman–Crippen LogP) is 3.54. The number of carbonyl (C=O) groups excluding carboxylic acids is 1. The van der Waals surface area contributed by atoms with Crippen molar-refractivity contribution in [3.05, 3.63) is 81.7 Å². The zero-order chi connectivity index (χ0) is 18.5. The first-order valence-corrected chi connectivity index (χ1v) is 8.35. The Balaban J connectivity index is 1.86. The number of anilines is 1. The molecule has 3 rings (SSSR count). The molecule has 1 aromatic heterocycles. The summed E-state index contributed by atoms with van der Waals surface area (Å²) in [5.74, 6) is 0.149. The third-order valence-corrected chi connectivity index (χ3v) is 3.79. The van der Waals surface area contributed by atoms with E-state index in [0.717, 1.165) is 5.75 Å². The van der Waals surface area contributed by atoms with Crippen LogP contribution in [-0.2, 0) is 0 Å². The minimum Gasteiger partial charge on any atom is -0.494 e. The number of carbonyl (C=O) groups is 1. The van der Waals surface area contributed by atoms with E-state index in [9.17, 15) is 9.59 Å². The van der Waals surface area contributed by atoms with Crippen LogP contribution in [0.15, 0.2) is 65.6 Å². The molecule has 3 aromatic rings. The van der Waals surface area contributed by atoms with Gasteiger partial charge in [-0.1, -0.05) is 11.6 Å². The lowest BCUT2D eigenvalue weighted by molar-refractivity contribution is 0.101. The highest BCUT2D eigenvalue weighted by molar-refractivity contribution is 6.30. The molecule has 0 aliphatic rings. The number of halogens is 1. The van der Waals surface area contributed by atoms with Crippen molar-refractivity contribution in [3.8, 4) is 11.4 Å². The lowest BCUT2D eigenvalue weighted by Gasteiger charge is -2.09. The average molecular weight is 370 g/mol. The summed E-state index contributed by atoms with van der Waals surface area (Å²) < 4.78 is 6.87. The molecule has 26 heavy (non-hydrogen) atoms. The van der Waals surface area contributed by atoms with Gasteiger partial charge in [-0.15, -0.1) is 0 Å². The molecule has 1 N–H and O–H groups in total. The number of amides is 1. The second-order valence-corrected chi connectivity index (χ2v) is 5.80. The predicted molar refractivity (Wildman–Crippen MR) is 100 cm³/mol. The maximum Gasteiger partial charge on any atom is 0.280 e. The van der Waals surface area contributed by atoms with Crippen molar-refractivity contribution in [2.24, 2.45) is 0 Å². The van der Waals surface area contributed by atoms with E-state index in [-0.39, 0.29) is 5.69 Å². The van der Waals surface area contributed by atoms with Gasteiger partial charge in [0.2, 0.25) is 5.43 Å². The topological polar surface area (TPSA) is 73.2 Å². The fraction of sp³-hybridized carbons (Fsp3) is 0.105. The third-order valence-electron chi connectivity index (χ3n) is 3.54. The standard InChI is InChI=1S/C19H16ClN3O3/c1-2-26-16-9-7-15(8-10-16)23-12-11-17(24)18(22-23)19(25)21-14-5-3-13(20)4-6-14/h3-12H,2H2,1H3,(H,21,25). The molecule has 0 spiro atoms. The van der Waals surface area contributed by atoms with Gasteiger partial charge in [0.15, 0.2) is 5.69 Å². The normalized spacial score (nSPS) is 10.4. The maximum atomic E-state index is 12.4. The molecule has 1 amide bonds. The Bertz CT molecular complexity index is 967. The van der Waals surface area contributed by atoms with Gasteiger partial charge in [0.05, 0.1) is 12.3 Å². The molecule has 0 saturated carbocycles. The first-order chi connectivity index (χ1) is 12.6. The fourth-order valence-corrected chi connectivity index (χ4v) is 2.42. The van der Waals surface area contributed by atoms with Gasteiger partial charge in [-0.3, -0.25) is 9.59 Å². The van der Waals surface area contributed by atoms with Crippen molar-refractivity contribution >= 4 is 23.2 Å². The minimum atomic E-state index is -0.586. The van der Waals surface area contributed by atoms with Crippen LogP contribution in [0.5, 0.6) is 5.75 Å². The zero-order valence-electron chi connectivity index (χ0n) is 14.0. The van der Waals surface area contributed by atoms with Crippen molar-refractivity contribution in [2.75, 3.05) is 11.9 Å². The van der Waals surface area contributed by atoms with Crippen molar-refractivity contribution in [2.45, 2.75) is 6.92 Å². The molecular weight excluding hydrogens is 354 g/mol. The summed E-state index contributed by atoms with van der Waals surface area (Å²) in [5, 5.41) is 7.35. The van der Waals surface area contributed by atoms with Gasteiger partial charge < -0.3 is 10.1 Å². The minimum absolute atomic E-state index is 0.198. The van der Waals surface area contributed by atoms with Gasteiger partial charge >= 0.3 is 0 Å². The average Bonchev–Trinajstić information content (AvgIpc) is 2.65. The summed E-state index contributed by atoms with van der Waals surface area (Å²) in [6.07, 6.45) is 1.51. The van der Waals surface area contributed by atoms with Crippen LogP contribution in [-0.4, -0.2) is 22.3 Å². The molecule has 2 aromatic carbocycles. The second-order valence-electron chi connectivity index (χ2n) is 5.36. The highest BCUT2D eigenvalue weighted by Gasteiger charge is 2.14. The lowest BCUT2D eigenvalue weighted by Crippen LogP contribution is -2.25. The van der Waals surface area contributed by atoms with E-state index in [1.807, 2.05) is 6.92 Å². The zero-order valence-corrected chi connectivity index (χ0v) is 14.7. The summed E-state index contributed by atoms with van der Waals surface area (Å²) in [6, 6.07) is 15.1. The molecule has 1 heterocycles. The van der Waals surface area contributed by atoms with Gasteiger partial charge in [0.25, 0.3) is 5.91 Å². The Morgan fingerprint density at radius 2 is 1.81 bits per heavy atom. The monoisotopic (exact) mass is 369 g/mol. The number of nitrogens with one attached hydrogen (secondary N) is 1. The summed E-state index contributed by atoms with van der Waals surface area (Å²) in [7, 11) is 0. The number of hydrogen-bond acceptors (Lipinski definition) is 4. The van der Waals surface area contributed by atoms with E-state index in [0.29, 0.717) is 23.0 Å². The molecule has 0 aliphatic heterocycles. The van der Waals surface area contributed by atoms with Crippen molar-refractivity contribution in [1.29, 1.82) is 0 Å².